The number of rotatable bonds is 4. The molecule has 7 rings (SSSR count). The number of nitrogens with zero attached hydrogens (tertiary/aromatic N) is 3. The fourth-order valence-electron chi connectivity index (χ4n) is 4.49. The van der Waals surface area contributed by atoms with Gasteiger partial charge in [0.15, 0.2) is 0 Å². The first-order chi connectivity index (χ1) is 16.6. The number of anilines is 1. The minimum absolute atomic E-state index is 0.253. The first-order valence-electron chi connectivity index (χ1n) is 11.6. The van der Waals surface area contributed by atoms with Crippen LogP contribution in [0.2, 0.25) is 0 Å². The van der Waals surface area contributed by atoms with Crippen LogP contribution in [0.3, 0.4) is 0 Å². The Kier molecular flexibility index (Phi) is 6.18. The summed E-state index contributed by atoms with van der Waals surface area (Å²) >= 11 is 0. The largest absolute Gasteiger partial charge is 0.489 e. The molecular formula is C27H28N4O3. The Hall–Kier alpha value is -3.84. The first kappa shape index (κ1) is 22.0. The average molecular weight is 457 g/mol. The monoisotopic (exact) mass is 456 g/mol. The third-order valence-corrected chi connectivity index (χ3v) is 6.38. The van der Waals surface area contributed by atoms with Crippen LogP contribution in [0.4, 0.5) is 5.69 Å². The lowest BCUT2D eigenvalue weighted by Gasteiger charge is -2.37. The van der Waals surface area contributed by atoms with E-state index in [-0.39, 0.29) is 5.56 Å². The average Bonchev–Trinajstić information content (AvgIpc) is 3.34. The van der Waals surface area contributed by atoms with Crippen molar-refractivity contribution < 1.29 is 14.6 Å². The number of carbonyl (C=O) groups is 1. The summed E-state index contributed by atoms with van der Waals surface area (Å²) in [4.78, 5) is 18.0. The molecule has 0 radical (unpaired) electrons. The molecule has 4 aromatic rings. The standard InChI is InChI=1S/C20H22N4O2.C7H6O/c1-2-15-12-21-8-9-23(15)16-4-3-5-17(11-16)24-13-22-18-10-14(20(25)26)6-7-19(18)24;1-3-7-4-2-6(1)5-8-7/h3-7,10-11,13,15,21H,2,8-9,12H2,1H3,(H,25,26);1-4H,5H2. The zero-order chi connectivity index (χ0) is 23.5. The quantitative estimate of drug-likeness (QED) is 0.471. The lowest BCUT2D eigenvalue weighted by atomic mass is 10.1. The number of aromatic carboxylic acids is 1. The molecule has 0 saturated carbocycles. The van der Waals surface area contributed by atoms with E-state index in [0.29, 0.717) is 11.6 Å². The summed E-state index contributed by atoms with van der Waals surface area (Å²) < 4.78 is 7.19. The molecule has 0 amide bonds. The number of ether oxygens (including phenoxy) is 1. The number of piperazine rings is 1. The molecule has 7 nitrogen and oxygen atoms in total. The number of hydrogen-bond acceptors (Lipinski definition) is 5. The predicted octanol–water partition coefficient (Wildman–Crippen LogP) is 4.49. The molecule has 3 aliphatic heterocycles. The number of carboxylic acid groups (broad SMARTS) is 1. The molecule has 4 heterocycles. The van der Waals surface area contributed by atoms with E-state index in [1.165, 1.54) is 11.3 Å². The van der Waals surface area contributed by atoms with Gasteiger partial charge in [0, 0.05) is 37.1 Å². The predicted molar refractivity (Wildman–Crippen MR) is 133 cm³/mol. The van der Waals surface area contributed by atoms with E-state index in [0.717, 1.165) is 49.6 Å². The second kappa shape index (κ2) is 9.57. The summed E-state index contributed by atoms with van der Waals surface area (Å²) in [6, 6.07) is 22.1. The van der Waals surface area contributed by atoms with Crippen LogP contribution in [0.25, 0.3) is 16.7 Å². The van der Waals surface area contributed by atoms with Crippen molar-refractivity contribution >= 4 is 22.7 Å². The van der Waals surface area contributed by atoms with Crippen molar-refractivity contribution in [3.63, 3.8) is 0 Å². The van der Waals surface area contributed by atoms with Crippen LogP contribution < -0.4 is 15.0 Å². The highest BCUT2D eigenvalue weighted by molar-refractivity contribution is 5.92. The van der Waals surface area contributed by atoms with Crippen molar-refractivity contribution in [2.75, 3.05) is 24.5 Å². The van der Waals surface area contributed by atoms with Crippen molar-refractivity contribution in [2.45, 2.75) is 26.0 Å². The van der Waals surface area contributed by atoms with E-state index in [1.54, 1.807) is 18.5 Å². The molecule has 174 valence electrons. The summed E-state index contributed by atoms with van der Waals surface area (Å²) in [5.41, 5.74) is 5.34. The molecule has 1 fully saturated rings. The van der Waals surface area contributed by atoms with E-state index in [1.807, 2.05) is 22.8 Å². The van der Waals surface area contributed by atoms with Gasteiger partial charge >= 0.3 is 5.97 Å². The second-order valence-electron chi connectivity index (χ2n) is 8.54. The van der Waals surface area contributed by atoms with Gasteiger partial charge in [0.25, 0.3) is 0 Å². The molecule has 1 unspecified atom stereocenters. The van der Waals surface area contributed by atoms with Crippen LogP contribution in [0.1, 0.15) is 29.3 Å². The van der Waals surface area contributed by atoms with E-state index in [9.17, 15) is 4.79 Å². The number of hydrogen-bond donors (Lipinski definition) is 2. The number of fused-ring (bicyclic) bond motifs is 4. The minimum Gasteiger partial charge on any atom is -0.489 e. The molecule has 2 N–H and O–H groups in total. The fraction of sp³-hybridized carbons (Fsp3) is 0.259. The molecule has 0 aliphatic carbocycles. The van der Waals surface area contributed by atoms with Crippen LogP contribution in [0, 0.1) is 0 Å². The molecule has 7 heteroatoms. The van der Waals surface area contributed by atoms with Gasteiger partial charge in [-0.05, 0) is 60.5 Å². The van der Waals surface area contributed by atoms with Crippen LogP contribution in [-0.2, 0) is 6.61 Å². The van der Waals surface area contributed by atoms with Crippen LogP contribution in [0.5, 0.6) is 5.75 Å². The number of aromatic nitrogens is 2. The van der Waals surface area contributed by atoms with Crippen molar-refractivity contribution in [1.82, 2.24) is 14.9 Å². The highest BCUT2D eigenvalue weighted by Crippen LogP contribution is 2.26. The highest BCUT2D eigenvalue weighted by Gasteiger charge is 2.21. The van der Waals surface area contributed by atoms with Crippen LogP contribution in [-0.4, -0.2) is 46.3 Å². The van der Waals surface area contributed by atoms with Gasteiger partial charge in [-0.3, -0.25) is 4.57 Å². The van der Waals surface area contributed by atoms with Crippen molar-refractivity contribution in [2.24, 2.45) is 0 Å². The lowest BCUT2D eigenvalue weighted by Crippen LogP contribution is -2.51. The van der Waals surface area contributed by atoms with Crippen LogP contribution >= 0.6 is 0 Å². The Morgan fingerprint density at radius 3 is 2.59 bits per heavy atom. The maximum Gasteiger partial charge on any atom is 0.335 e. The molecule has 3 aromatic carbocycles. The molecule has 3 aliphatic rings. The number of carboxylic acids is 1. The van der Waals surface area contributed by atoms with Gasteiger partial charge in [-0.25, -0.2) is 9.78 Å². The van der Waals surface area contributed by atoms with E-state index in [4.69, 9.17) is 9.84 Å². The smallest absolute Gasteiger partial charge is 0.335 e. The van der Waals surface area contributed by atoms with Gasteiger partial charge < -0.3 is 20.1 Å². The lowest BCUT2D eigenvalue weighted by molar-refractivity contribution is 0.0697. The van der Waals surface area contributed by atoms with Gasteiger partial charge in [-0.2, -0.15) is 0 Å². The Labute approximate surface area is 198 Å². The Balaban J connectivity index is 0.000000252. The van der Waals surface area contributed by atoms with Gasteiger partial charge in [0.05, 0.1) is 16.6 Å². The summed E-state index contributed by atoms with van der Waals surface area (Å²) in [6.45, 7) is 5.98. The molecular weight excluding hydrogens is 428 g/mol. The number of benzene rings is 3. The fourth-order valence-corrected chi connectivity index (χ4v) is 4.49. The minimum atomic E-state index is -0.937. The summed E-state index contributed by atoms with van der Waals surface area (Å²) in [7, 11) is 0. The first-order valence-corrected chi connectivity index (χ1v) is 11.6. The molecule has 1 atom stereocenters. The molecule has 1 saturated heterocycles. The van der Waals surface area contributed by atoms with Gasteiger partial charge in [0.2, 0.25) is 0 Å². The SMILES string of the molecule is CCC1CNCCN1c1cccc(-n2cnc3cc(C(=O)O)ccc32)c1.c1cc2ccc1CO2. The van der Waals surface area contributed by atoms with E-state index >= 15 is 0 Å². The van der Waals surface area contributed by atoms with Crippen LogP contribution in [0.15, 0.2) is 73.1 Å². The third kappa shape index (κ3) is 4.47. The summed E-state index contributed by atoms with van der Waals surface area (Å²) in [6.07, 6.45) is 2.85. The molecule has 34 heavy (non-hydrogen) atoms. The Bertz CT molecular complexity index is 1280. The Morgan fingerprint density at radius 1 is 1.12 bits per heavy atom. The number of imidazole rings is 1. The summed E-state index contributed by atoms with van der Waals surface area (Å²) in [5.74, 6) is 0.0489. The van der Waals surface area contributed by atoms with E-state index in [2.05, 4.69) is 58.5 Å². The number of nitrogens with one attached hydrogen (secondary N) is 1. The van der Waals surface area contributed by atoms with Crippen molar-refractivity contribution in [3.05, 3.63) is 84.2 Å². The van der Waals surface area contributed by atoms with Gasteiger partial charge in [0.1, 0.15) is 18.7 Å². The topological polar surface area (TPSA) is 79.6 Å². The van der Waals surface area contributed by atoms with E-state index < -0.39 is 5.97 Å². The second-order valence-corrected chi connectivity index (χ2v) is 8.54. The summed E-state index contributed by atoms with van der Waals surface area (Å²) in [5, 5.41) is 12.6. The van der Waals surface area contributed by atoms with Gasteiger partial charge in [-0.1, -0.05) is 25.1 Å². The van der Waals surface area contributed by atoms with Crippen molar-refractivity contribution in [1.29, 1.82) is 0 Å². The highest BCUT2D eigenvalue weighted by atomic mass is 16.5. The zero-order valence-electron chi connectivity index (χ0n) is 19.1. The molecule has 0 spiro atoms. The molecule has 1 aromatic heterocycles. The maximum absolute atomic E-state index is 11.2. The van der Waals surface area contributed by atoms with Crippen molar-refractivity contribution in [3.8, 4) is 11.4 Å². The maximum atomic E-state index is 11.2. The normalized spacial score (nSPS) is 16.6. The Morgan fingerprint density at radius 2 is 1.94 bits per heavy atom. The third-order valence-electron chi connectivity index (χ3n) is 6.38. The van der Waals surface area contributed by atoms with Gasteiger partial charge in [-0.15, -0.1) is 0 Å². The molecule has 2 bridgehead atoms. The zero-order valence-corrected chi connectivity index (χ0v) is 19.1.